The molecule has 12 aromatic rings. The Morgan fingerprint density at radius 2 is 1.05 bits per heavy atom. The number of fused-ring (bicyclic) bond motifs is 10. The van der Waals surface area contributed by atoms with E-state index < -0.39 is 0 Å². The summed E-state index contributed by atoms with van der Waals surface area (Å²) in [7, 11) is 0. The number of benzene rings is 9. The number of hydrogen-bond acceptors (Lipinski definition) is 4. The molecule has 0 radical (unpaired) electrons. The Labute approximate surface area is 430 Å². The lowest BCUT2D eigenvalue weighted by molar-refractivity contribution is 0.464. The Hall–Kier alpha value is -9.12. The Morgan fingerprint density at radius 3 is 1.70 bits per heavy atom. The summed E-state index contributed by atoms with van der Waals surface area (Å²) in [4.78, 5) is 5.62. The zero-order chi connectivity index (χ0) is 50.0. The number of hydrogen-bond donors (Lipinski definition) is 0. The predicted octanol–water partition coefficient (Wildman–Crippen LogP) is 15.3. The van der Waals surface area contributed by atoms with Crippen molar-refractivity contribution in [2.75, 3.05) is 0 Å². The zero-order valence-corrected chi connectivity index (χ0v) is 41.8. The number of nitrogens with zero attached hydrogens (tertiary/aromatic N) is 4. The van der Waals surface area contributed by atoms with E-state index in [0.29, 0.717) is 11.5 Å². The minimum atomic E-state index is -0.210. The highest BCUT2D eigenvalue weighted by atomic mass is 16.5. The van der Waals surface area contributed by atoms with Gasteiger partial charge in [-0.05, 0) is 134 Å². The van der Waals surface area contributed by atoms with Gasteiger partial charge in [-0.2, -0.15) is 5.26 Å². The zero-order valence-electron chi connectivity index (χ0n) is 41.8. The molecule has 0 saturated heterocycles. The SMILES string of the molecule is CC(C)c1ccc(-c2cc(-c3ccc4c(c3)B3c5cc(-c6ccccc6)ccc5Oc5cc(-n6c7ccccc7c7ccccc76)cc(c53)O4)nc(-n3c4ccc(C#N)cc4c4cc(C(C)(C)C)ccc43)c2)cc1. The number of para-hydroxylation sites is 2. The number of rotatable bonds is 6. The van der Waals surface area contributed by atoms with Gasteiger partial charge in [0.05, 0.1) is 45.1 Å². The van der Waals surface area contributed by atoms with Crippen LogP contribution in [0.5, 0.6) is 23.0 Å². The van der Waals surface area contributed by atoms with Crippen molar-refractivity contribution in [2.24, 2.45) is 0 Å². The van der Waals surface area contributed by atoms with Gasteiger partial charge in [-0.25, -0.2) is 4.98 Å². The molecule has 6 nitrogen and oxygen atoms in total. The van der Waals surface area contributed by atoms with E-state index >= 15 is 0 Å². The minimum absolute atomic E-state index is 0.0664. The van der Waals surface area contributed by atoms with E-state index in [4.69, 9.17) is 14.5 Å². The first kappa shape index (κ1) is 43.7. The van der Waals surface area contributed by atoms with Crippen LogP contribution in [-0.2, 0) is 5.41 Å². The van der Waals surface area contributed by atoms with Crippen LogP contribution in [0.2, 0.25) is 0 Å². The van der Waals surface area contributed by atoms with E-state index in [1.807, 2.05) is 12.1 Å². The molecule has 0 unspecified atom stereocenters. The molecule has 9 aromatic carbocycles. The summed E-state index contributed by atoms with van der Waals surface area (Å²) in [6.45, 7) is 11.0. The van der Waals surface area contributed by atoms with Crippen LogP contribution in [0.15, 0.2) is 200 Å². The number of pyridine rings is 1. The largest absolute Gasteiger partial charge is 0.458 e. The Morgan fingerprint density at radius 1 is 0.486 bits per heavy atom. The van der Waals surface area contributed by atoms with E-state index in [1.165, 1.54) is 21.9 Å². The normalized spacial score (nSPS) is 12.7. The summed E-state index contributed by atoms with van der Waals surface area (Å²) < 4.78 is 18.8. The highest BCUT2D eigenvalue weighted by molar-refractivity contribution is 6.98. The van der Waals surface area contributed by atoms with Gasteiger partial charge in [0.1, 0.15) is 28.8 Å². The van der Waals surface area contributed by atoms with Crippen molar-refractivity contribution in [3.05, 3.63) is 217 Å². The van der Waals surface area contributed by atoms with E-state index in [9.17, 15) is 5.26 Å². The molecule has 0 spiro atoms. The van der Waals surface area contributed by atoms with Gasteiger partial charge in [0.25, 0.3) is 6.71 Å². The highest BCUT2D eigenvalue weighted by Gasteiger charge is 2.41. The van der Waals surface area contributed by atoms with Gasteiger partial charge in [-0.15, -0.1) is 0 Å². The van der Waals surface area contributed by atoms with E-state index in [1.54, 1.807) is 0 Å². The smallest absolute Gasteiger partial charge is 0.260 e. The summed E-state index contributed by atoms with van der Waals surface area (Å²) in [5.41, 5.74) is 17.7. The quantitative estimate of drug-likeness (QED) is 0.156. The first-order valence-corrected chi connectivity index (χ1v) is 25.5. The lowest BCUT2D eigenvalue weighted by atomic mass is 9.34. The van der Waals surface area contributed by atoms with Crippen molar-refractivity contribution in [3.8, 4) is 74.1 Å². The molecule has 7 heteroatoms. The molecule has 3 aromatic heterocycles. The standard InChI is InChI=1S/C67H49BN4O2/c1-40(2)42-20-22-44(23-21-42)47-34-56(70-65(35-47)72-59-27-19-41(39-69)31-52(59)53-36-48(67(3,4)5)26-28-60(53)72)46-25-30-62-55(33-46)68-54-32-45(43-13-7-6-8-14-43)24-29-61(54)73-63-37-49(38-64(74-62)66(63)68)71-57-17-11-9-15-50(57)51-16-10-12-18-58(51)71/h6-38,40H,1-5H3. The van der Waals surface area contributed by atoms with Crippen molar-refractivity contribution in [1.29, 1.82) is 5.26 Å². The molecule has 5 heterocycles. The molecular weight excluding hydrogens is 904 g/mol. The Balaban J connectivity index is 0.983. The second kappa shape index (κ2) is 16.5. The predicted molar refractivity (Wildman–Crippen MR) is 304 cm³/mol. The summed E-state index contributed by atoms with van der Waals surface area (Å²) in [5.74, 6) is 4.35. The van der Waals surface area contributed by atoms with Gasteiger partial charge in [-0.3, -0.25) is 4.57 Å². The van der Waals surface area contributed by atoms with Crippen molar-refractivity contribution >= 4 is 66.7 Å². The molecule has 2 aliphatic rings. The third-order valence-corrected chi connectivity index (χ3v) is 15.4. The number of nitriles is 1. The van der Waals surface area contributed by atoms with Gasteiger partial charge in [0.15, 0.2) is 0 Å². The average Bonchev–Trinajstić information content (AvgIpc) is 3.95. The maximum Gasteiger partial charge on any atom is 0.260 e. The van der Waals surface area contributed by atoms with Gasteiger partial charge in [0.2, 0.25) is 0 Å². The minimum Gasteiger partial charge on any atom is -0.458 e. The van der Waals surface area contributed by atoms with Crippen LogP contribution in [0.3, 0.4) is 0 Å². The molecule has 0 bridgehead atoms. The van der Waals surface area contributed by atoms with Crippen LogP contribution in [0.4, 0.5) is 0 Å². The Kier molecular flexibility index (Phi) is 9.71. The fourth-order valence-corrected chi connectivity index (χ4v) is 11.6. The molecule has 14 rings (SSSR count). The van der Waals surface area contributed by atoms with E-state index in [0.717, 1.165) is 117 Å². The summed E-state index contributed by atoms with van der Waals surface area (Å²) >= 11 is 0. The topological polar surface area (TPSA) is 65.0 Å². The molecule has 74 heavy (non-hydrogen) atoms. The highest BCUT2D eigenvalue weighted by Crippen LogP contribution is 2.42. The fourth-order valence-electron chi connectivity index (χ4n) is 11.6. The van der Waals surface area contributed by atoms with Crippen LogP contribution in [0.25, 0.3) is 88.6 Å². The van der Waals surface area contributed by atoms with Crippen LogP contribution in [0.1, 0.15) is 57.2 Å². The maximum absolute atomic E-state index is 10.1. The molecule has 0 saturated carbocycles. The van der Waals surface area contributed by atoms with Crippen molar-refractivity contribution in [1.82, 2.24) is 14.1 Å². The van der Waals surface area contributed by atoms with Crippen LogP contribution in [0, 0.1) is 11.3 Å². The second-order valence-electron chi connectivity index (χ2n) is 21.3. The summed E-state index contributed by atoms with van der Waals surface area (Å²) in [5, 5.41) is 14.6. The maximum atomic E-state index is 10.1. The van der Waals surface area contributed by atoms with Gasteiger partial charge < -0.3 is 14.0 Å². The first-order valence-electron chi connectivity index (χ1n) is 25.5. The van der Waals surface area contributed by atoms with Crippen molar-refractivity contribution in [3.63, 3.8) is 0 Å². The van der Waals surface area contributed by atoms with E-state index in [2.05, 4.69) is 238 Å². The molecule has 0 amide bonds. The third-order valence-electron chi connectivity index (χ3n) is 15.4. The van der Waals surface area contributed by atoms with Crippen molar-refractivity contribution in [2.45, 2.75) is 46.0 Å². The fraction of sp³-hybridized carbons (Fsp3) is 0.104. The molecule has 0 atom stereocenters. The van der Waals surface area contributed by atoms with Crippen LogP contribution < -0.4 is 25.9 Å². The van der Waals surface area contributed by atoms with Gasteiger partial charge >= 0.3 is 0 Å². The monoisotopic (exact) mass is 952 g/mol. The van der Waals surface area contributed by atoms with Gasteiger partial charge in [0, 0.05) is 39.1 Å². The Bertz CT molecular complexity index is 4270. The van der Waals surface area contributed by atoms with Crippen LogP contribution in [-0.4, -0.2) is 20.8 Å². The molecular formula is C67H49BN4O2. The summed E-state index contributed by atoms with van der Waals surface area (Å²) in [6, 6.07) is 73.8. The molecule has 0 N–H and O–H groups in total. The second-order valence-corrected chi connectivity index (χ2v) is 21.3. The molecule has 0 aliphatic carbocycles. The number of ether oxygens (including phenoxy) is 2. The van der Waals surface area contributed by atoms with Crippen molar-refractivity contribution < 1.29 is 9.47 Å². The van der Waals surface area contributed by atoms with Crippen LogP contribution >= 0.6 is 0 Å². The first-order chi connectivity index (χ1) is 36.1. The molecule has 2 aliphatic heterocycles. The summed E-state index contributed by atoms with van der Waals surface area (Å²) in [6.07, 6.45) is 0. The molecule has 0 fully saturated rings. The lowest BCUT2D eigenvalue weighted by Gasteiger charge is -2.34. The van der Waals surface area contributed by atoms with E-state index in [-0.39, 0.29) is 12.1 Å². The molecule has 352 valence electrons. The van der Waals surface area contributed by atoms with Gasteiger partial charge in [-0.1, -0.05) is 150 Å². The number of aromatic nitrogens is 3. The third kappa shape index (κ3) is 6.90. The average molecular weight is 953 g/mol. The lowest BCUT2D eigenvalue weighted by Crippen LogP contribution is -2.57.